The molecule has 2 saturated heterocycles. The van der Waals surface area contributed by atoms with Crippen molar-refractivity contribution < 1.29 is 5.11 Å². The van der Waals surface area contributed by atoms with Crippen molar-refractivity contribution in [3.63, 3.8) is 0 Å². The Kier molecular flexibility index (Phi) is 5.57. The number of benzene rings is 1. The number of nitrogens with one attached hydrogen (secondary N) is 1. The summed E-state index contributed by atoms with van der Waals surface area (Å²) in [6.07, 6.45) is 5.01. The largest absolute Gasteiger partial charge is 0.385 e. The first-order valence-corrected chi connectivity index (χ1v) is 10.2. The van der Waals surface area contributed by atoms with Gasteiger partial charge in [-0.3, -0.25) is 4.90 Å². The van der Waals surface area contributed by atoms with Gasteiger partial charge in [-0.05, 0) is 50.3 Å². The van der Waals surface area contributed by atoms with Crippen LogP contribution in [-0.4, -0.2) is 50.9 Å². The molecule has 4 rings (SSSR count). The fourth-order valence-corrected chi connectivity index (χ4v) is 4.38. The monoisotopic (exact) mass is 369 g/mol. The van der Waals surface area contributed by atoms with Crippen LogP contribution < -0.4 is 5.32 Å². The highest BCUT2D eigenvalue weighted by Gasteiger charge is 2.34. The van der Waals surface area contributed by atoms with E-state index in [0.29, 0.717) is 0 Å². The van der Waals surface area contributed by atoms with E-state index in [1.807, 2.05) is 30.3 Å². The summed E-state index contributed by atoms with van der Waals surface area (Å²) in [6.45, 7) is 4.80. The molecule has 1 aromatic carbocycles. The lowest BCUT2D eigenvalue weighted by Crippen LogP contribution is -2.42. The molecule has 6 nitrogen and oxygen atoms in total. The summed E-state index contributed by atoms with van der Waals surface area (Å²) in [5, 5.41) is 23.4. The lowest BCUT2D eigenvalue weighted by atomic mass is 9.84. The second-order valence-electron chi connectivity index (χ2n) is 8.16. The molecule has 0 radical (unpaired) electrons. The molecule has 0 amide bonds. The third-order valence-electron chi connectivity index (χ3n) is 6.34. The van der Waals surface area contributed by atoms with Crippen molar-refractivity contribution in [2.75, 3.05) is 26.2 Å². The van der Waals surface area contributed by atoms with E-state index in [0.717, 1.165) is 75.1 Å². The van der Waals surface area contributed by atoms with Crippen LogP contribution in [0.15, 0.2) is 30.3 Å². The summed E-state index contributed by atoms with van der Waals surface area (Å²) in [5.41, 5.74) is 0.338. The smallest absolute Gasteiger partial charge is 0.146 e. The molecule has 2 aliphatic heterocycles. The molecule has 0 bridgehead atoms. The predicted octanol–water partition coefficient (Wildman–Crippen LogP) is 1.84. The summed E-state index contributed by atoms with van der Waals surface area (Å²) in [6, 6.07) is 10.1. The van der Waals surface area contributed by atoms with Gasteiger partial charge in [-0.15, -0.1) is 10.2 Å². The van der Waals surface area contributed by atoms with Crippen molar-refractivity contribution in [3.05, 3.63) is 47.5 Å². The Labute approximate surface area is 161 Å². The van der Waals surface area contributed by atoms with E-state index in [1.165, 1.54) is 12.8 Å². The van der Waals surface area contributed by atoms with Gasteiger partial charge in [0.15, 0.2) is 0 Å². The summed E-state index contributed by atoms with van der Waals surface area (Å²) in [7, 11) is 2.09. The van der Waals surface area contributed by atoms with Crippen LogP contribution in [0.5, 0.6) is 0 Å². The molecule has 3 heterocycles. The zero-order chi connectivity index (χ0) is 18.7. The molecule has 27 heavy (non-hydrogen) atoms. The first-order valence-electron chi connectivity index (χ1n) is 10.2. The maximum Gasteiger partial charge on any atom is 0.146 e. The normalized spacial score (nSPS) is 21.4. The molecule has 2 aliphatic rings. The number of likely N-dealkylation sites (tertiary alicyclic amines) is 1. The van der Waals surface area contributed by atoms with Gasteiger partial charge in [0.1, 0.15) is 11.6 Å². The van der Waals surface area contributed by atoms with Gasteiger partial charge in [-0.1, -0.05) is 30.3 Å². The highest BCUT2D eigenvalue weighted by molar-refractivity contribution is 5.23. The summed E-state index contributed by atoms with van der Waals surface area (Å²) >= 11 is 0. The van der Waals surface area contributed by atoms with Gasteiger partial charge >= 0.3 is 0 Å². The molecular weight excluding hydrogens is 338 g/mol. The third-order valence-corrected chi connectivity index (χ3v) is 6.34. The zero-order valence-corrected chi connectivity index (χ0v) is 16.3. The number of aromatic nitrogens is 3. The van der Waals surface area contributed by atoms with E-state index >= 15 is 0 Å². The van der Waals surface area contributed by atoms with Crippen LogP contribution in [0.25, 0.3) is 0 Å². The van der Waals surface area contributed by atoms with Gasteiger partial charge in [0, 0.05) is 26.6 Å². The Morgan fingerprint density at radius 2 is 1.74 bits per heavy atom. The van der Waals surface area contributed by atoms with Gasteiger partial charge in [-0.2, -0.15) is 0 Å². The van der Waals surface area contributed by atoms with E-state index in [2.05, 4.69) is 32.0 Å². The number of hydrogen-bond acceptors (Lipinski definition) is 5. The third kappa shape index (κ3) is 4.23. The highest BCUT2D eigenvalue weighted by Crippen LogP contribution is 2.33. The van der Waals surface area contributed by atoms with E-state index in [-0.39, 0.29) is 0 Å². The lowest BCUT2D eigenvalue weighted by Gasteiger charge is -2.38. The van der Waals surface area contributed by atoms with Crippen LogP contribution in [-0.2, 0) is 25.6 Å². The average molecular weight is 370 g/mol. The Morgan fingerprint density at radius 3 is 2.44 bits per heavy atom. The van der Waals surface area contributed by atoms with Crippen molar-refractivity contribution in [1.82, 2.24) is 25.0 Å². The van der Waals surface area contributed by atoms with Crippen LogP contribution in [0.1, 0.15) is 42.9 Å². The van der Waals surface area contributed by atoms with E-state index in [4.69, 9.17) is 0 Å². The predicted molar refractivity (Wildman–Crippen MR) is 105 cm³/mol. The van der Waals surface area contributed by atoms with Crippen molar-refractivity contribution >= 4 is 0 Å². The topological polar surface area (TPSA) is 66.2 Å². The minimum atomic E-state index is -0.697. The van der Waals surface area contributed by atoms with Crippen molar-refractivity contribution in [3.8, 4) is 0 Å². The average Bonchev–Trinajstić information content (AvgIpc) is 3.05. The first-order chi connectivity index (χ1) is 13.1. The molecule has 2 N–H and O–H groups in total. The van der Waals surface area contributed by atoms with E-state index < -0.39 is 5.60 Å². The molecule has 6 heteroatoms. The molecule has 2 aromatic rings. The number of aliphatic hydroxyl groups is 1. The fourth-order valence-electron chi connectivity index (χ4n) is 4.38. The first kappa shape index (κ1) is 18.6. The molecule has 0 spiro atoms. The molecule has 2 fully saturated rings. The van der Waals surface area contributed by atoms with Gasteiger partial charge in [0.25, 0.3) is 0 Å². The van der Waals surface area contributed by atoms with Crippen molar-refractivity contribution in [2.45, 2.75) is 44.2 Å². The summed E-state index contributed by atoms with van der Waals surface area (Å²) < 4.78 is 2.18. The number of nitrogens with zero attached hydrogens (tertiary/aromatic N) is 4. The standard InChI is InChI=1S/C21H31N5O/c1-25-19(15-17-7-11-22-12-8-17)23-24-20(25)16-26-13-9-21(27,10-14-26)18-5-3-2-4-6-18/h2-6,17,22,27H,7-16H2,1H3. The van der Waals surface area contributed by atoms with Crippen molar-refractivity contribution in [1.29, 1.82) is 0 Å². The molecule has 0 unspecified atom stereocenters. The molecule has 146 valence electrons. The quantitative estimate of drug-likeness (QED) is 0.842. The van der Waals surface area contributed by atoms with Crippen LogP contribution >= 0.6 is 0 Å². The van der Waals surface area contributed by atoms with Crippen LogP contribution in [0.2, 0.25) is 0 Å². The zero-order valence-electron chi connectivity index (χ0n) is 16.3. The minimum Gasteiger partial charge on any atom is -0.385 e. The van der Waals surface area contributed by atoms with Gasteiger partial charge in [0.2, 0.25) is 0 Å². The minimum absolute atomic E-state index is 0.697. The number of piperidine rings is 2. The van der Waals surface area contributed by atoms with Gasteiger partial charge in [0.05, 0.1) is 12.1 Å². The molecular formula is C21H31N5O. The van der Waals surface area contributed by atoms with E-state index in [1.54, 1.807) is 0 Å². The number of rotatable bonds is 5. The van der Waals surface area contributed by atoms with E-state index in [9.17, 15) is 5.11 Å². The molecule has 0 atom stereocenters. The second kappa shape index (κ2) is 8.09. The maximum absolute atomic E-state index is 11.0. The Morgan fingerprint density at radius 1 is 1.07 bits per heavy atom. The molecule has 1 aromatic heterocycles. The second-order valence-corrected chi connectivity index (χ2v) is 8.16. The molecule has 0 aliphatic carbocycles. The maximum atomic E-state index is 11.0. The fraction of sp³-hybridized carbons (Fsp3) is 0.619. The lowest BCUT2D eigenvalue weighted by molar-refractivity contribution is -0.0284. The summed E-state index contributed by atoms with van der Waals surface area (Å²) in [4.78, 5) is 2.38. The highest BCUT2D eigenvalue weighted by atomic mass is 16.3. The van der Waals surface area contributed by atoms with Crippen molar-refractivity contribution in [2.24, 2.45) is 13.0 Å². The van der Waals surface area contributed by atoms with Crippen LogP contribution in [0.3, 0.4) is 0 Å². The summed E-state index contributed by atoms with van der Waals surface area (Å²) in [5.74, 6) is 2.86. The Bertz CT molecular complexity index is 730. The Hall–Kier alpha value is -1.76. The Balaban J connectivity index is 1.34. The SMILES string of the molecule is Cn1c(CC2CCNCC2)nnc1CN1CCC(O)(c2ccccc2)CC1. The molecule has 0 saturated carbocycles. The van der Waals surface area contributed by atoms with Gasteiger partial charge < -0.3 is 15.0 Å². The van der Waals surface area contributed by atoms with Crippen LogP contribution in [0, 0.1) is 5.92 Å². The number of hydrogen-bond donors (Lipinski definition) is 2. The van der Waals surface area contributed by atoms with Gasteiger partial charge in [-0.25, -0.2) is 0 Å². The van der Waals surface area contributed by atoms with Crippen LogP contribution in [0.4, 0.5) is 0 Å².